The van der Waals surface area contributed by atoms with Gasteiger partial charge in [0.15, 0.2) is 0 Å². The monoisotopic (exact) mass is 242 g/mol. The Morgan fingerprint density at radius 3 is 3.00 bits per heavy atom. The third-order valence-electron chi connectivity index (χ3n) is 3.70. The van der Waals surface area contributed by atoms with Gasteiger partial charge in [0.2, 0.25) is 0 Å². The van der Waals surface area contributed by atoms with Gasteiger partial charge in [-0.3, -0.25) is 4.90 Å². The van der Waals surface area contributed by atoms with Gasteiger partial charge in [-0.25, -0.2) is 0 Å². The van der Waals surface area contributed by atoms with Crippen LogP contribution >= 0.6 is 11.8 Å². The Hall–Kier alpha value is 0.270. The highest BCUT2D eigenvalue weighted by atomic mass is 32.2. The molecule has 0 aromatic carbocycles. The molecular weight excluding hydrogens is 216 g/mol. The first kappa shape index (κ1) is 12.7. The molecule has 2 unspecified atom stereocenters. The van der Waals surface area contributed by atoms with Gasteiger partial charge in [-0.2, -0.15) is 11.8 Å². The van der Waals surface area contributed by atoms with Crippen LogP contribution in [0.5, 0.6) is 0 Å². The first-order chi connectivity index (χ1) is 7.75. The van der Waals surface area contributed by atoms with E-state index in [1.807, 2.05) is 0 Å². The topological polar surface area (TPSA) is 15.3 Å². The standard InChI is InChI=1S/C13H26N2S/c1-11(2)8-12-9-15(6-5-14-12)13-4-3-7-16-10-13/h11-14H,3-10H2,1-2H3. The minimum Gasteiger partial charge on any atom is -0.311 e. The smallest absolute Gasteiger partial charge is 0.0198 e. The van der Waals surface area contributed by atoms with Crippen molar-refractivity contribution < 1.29 is 0 Å². The highest BCUT2D eigenvalue weighted by Gasteiger charge is 2.26. The van der Waals surface area contributed by atoms with Gasteiger partial charge in [-0.15, -0.1) is 0 Å². The number of nitrogens with one attached hydrogen (secondary N) is 1. The van der Waals surface area contributed by atoms with Crippen LogP contribution in [0.1, 0.15) is 33.1 Å². The second kappa shape index (κ2) is 6.27. The van der Waals surface area contributed by atoms with Gasteiger partial charge in [-0.05, 0) is 30.9 Å². The maximum Gasteiger partial charge on any atom is 0.0198 e. The molecule has 1 N–H and O–H groups in total. The van der Waals surface area contributed by atoms with Crippen LogP contribution in [-0.2, 0) is 0 Å². The molecule has 16 heavy (non-hydrogen) atoms. The van der Waals surface area contributed by atoms with Crippen LogP contribution in [0.25, 0.3) is 0 Å². The van der Waals surface area contributed by atoms with Crippen molar-refractivity contribution in [2.45, 2.75) is 45.2 Å². The van der Waals surface area contributed by atoms with Crippen molar-refractivity contribution in [3.8, 4) is 0 Å². The fraction of sp³-hybridized carbons (Fsp3) is 1.00. The Bertz CT molecular complexity index is 202. The largest absolute Gasteiger partial charge is 0.311 e. The minimum absolute atomic E-state index is 0.737. The summed E-state index contributed by atoms with van der Waals surface area (Å²) in [5, 5.41) is 3.67. The van der Waals surface area contributed by atoms with Crippen LogP contribution in [-0.4, -0.2) is 48.1 Å². The van der Waals surface area contributed by atoms with Crippen molar-refractivity contribution in [1.29, 1.82) is 0 Å². The first-order valence-electron chi connectivity index (χ1n) is 6.81. The summed E-state index contributed by atoms with van der Waals surface area (Å²) in [5.74, 6) is 3.57. The Balaban J connectivity index is 1.80. The number of hydrogen-bond acceptors (Lipinski definition) is 3. The maximum absolute atomic E-state index is 3.67. The Morgan fingerprint density at radius 2 is 2.31 bits per heavy atom. The van der Waals surface area contributed by atoms with Crippen LogP contribution in [0.3, 0.4) is 0 Å². The van der Waals surface area contributed by atoms with Gasteiger partial charge in [0.25, 0.3) is 0 Å². The fourth-order valence-corrected chi connectivity index (χ4v) is 4.11. The molecule has 0 aromatic heterocycles. The van der Waals surface area contributed by atoms with E-state index in [2.05, 4.69) is 35.8 Å². The molecule has 2 nitrogen and oxygen atoms in total. The zero-order valence-electron chi connectivity index (χ0n) is 10.7. The number of rotatable bonds is 3. The average molecular weight is 242 g/mol. The number of hydrogen-bond donors (Lipinski definition) is 1. The normalized spacial score (nSPS) is 33.2. The summed E-state index contributed by atoms with van der Waals surface area (Å²) in [6.07, 6.45) is 4.19. The predicted octanol–water partition coefficient (Wildman–Crippen LogP) is 2.20. The van der Waals surface area contributed by atoms with Gasteiger partial charge in [-0.1, -0.05) is 13.8 Å². The lowest BCUT2D eigenvalue weighted by atomic mass is 10.0. The molecule has 0 amide bonds. The molecule has 2 aliphatic rings. The lowest BCUT2D eigenvalue weighted by Crippen LogP contribution is -2.55. The van der Waals surface area contributed by atoms with E-state index in [4.69, 9.17) is 0 Å². The third-order valence-corrected chi connectivity index (χ3v) is 4.89. The lowest BCUT2D eigenvalue weighted by Gasteiger charge is -2.40. The second-order valence-electron chi connectivity index (χ2n) is 5.65. The highest BCUT2D eigenvalue weighted by molar-refractivity contribution is 7.99. The van der Waals surface area contributed by atoms with Crippen molar-refractivity contribution >= 4 is 11.8 Å². The zero-order valence-corrected chi connectivity index (χ0v) is 11.6. The van der Waals surface area contributed by atoms with E-state index >= 15 is 0 Å². The van der Waals surface area contributed by atoms with Crippen molar-refractivity contribution in [2.24, 2.45) is 5.92 Å². The van der Waals surface area contributed by atoms with E-state index in [0.717, 1.165) is 18.0 Å². The fourth-order valence-electron chi connectivity index (χ4n) is 2.92. The van der Waals surface area contributed by atoms with E-state index in [9.17, 15) is 0 Å². The van der Waals surface area contributed by atoms with E-state index < -0.39 is 0 Å². The molecule has 0 bridgehead atoms. The molecule has 2 aliphatic heterocycles. The molecule has 0 aromatic rings. The number of thioether (sulfide) groups is 1. The molecule has 2 heterocycles. The van der Waals surface area contributed by atoms with Crippen molar-refractivity contribution in [3.05, 3.63) is 0 Å². The number of nitrogens with zero attached hydrogens (tertiary/aromatic N) is 1. The third kappa shape index (κ3) is 3.64. The first-order valence-corrected chi connectivity index (χ1v) is 7.96. The highest BCUT2D eigenvalue weighted by Crippen LogP contribution is 2.23. The summed E-state index contributed by atoms with van der Waals surface area (Å²) in [4.78, 5) is 2.75. The van der Waals surface area contributed by atoms with E-state index in [1.165, 1.54) is 50.4 Å². The minimum atomic E-state index is 0.737. The van der Waals surface area contributed by atoms with Gasteiger partial charge in [0.1, 0.15) is 0 Å². The molecule has 2 fully saturated rings. The van der Waals surface area contributed by atoms with Crippen molar-refractivity contribution in [3.63, 3.8) is 0 Å². The SMILES string of the molecule is CC(C)CC1CN(C2CCCSC2)CCN1. The average Bonchev–Trinajstić information content (AvgIpc) is 2.30. The van der Waals surface area contributed by atoms with Gasteiger partial charge >= 0.3 is 0 Å². The van der Waals surface area contributed by atoms with Crippen LogP contribution < -0.4 is 5.32 Å². The Kier molecular flexibility index (Phi) is 4.98. The van der Waals surface area contributed by atoms with Gasteiger partial charge < -0.3 is 5.32 Å². The van der Waals surface area contributed by atoms with Crippen LogP contribution in [0.4, 0.5) is 0 Å². The molecule has 94 valence electrons. The quantitative estimate of drug-likeness (QED) is 0.817. The molecule has 0 aliphatic carbocycles. The Labute approximate surface area is 105 Å². The van der Waals surface area contributed by atoms with Gasteiger partial charge in [0.05, 0.1) is 0 Å². The van der Waals surface area contributed by atoms with Crippen LogP contribution in [0.2, 0.25) is 0 Å². The summed E-state index contributed by atoms with van der Waals surface area (Å²) >= 11 is 2.15. The van der Waals surface area contributed by atoms with Crippen LogP contribution in [0.15, 0.2) is 0 Å². The molecule has 0 radical (unpaired) electrons. The van der Waals surface area contributed by atoms with Gasteiger partial charge in [0, 0.05) is 37.5 Å². The molecule has 0 spiro atoms. The molecule has 2 rings (SSSR count). The summed E-state index contributed by atoms with van der Waals surface area (Å²) in [7, 11) is 0. The lowest BCUT2D eigenvalue weighted by molar-refractivity contribution is 0.138. The summed E-state index contributed by atoms with van der Waals surface area (Å²) in [5.41, 5.74) is 0. The molecule has 3 heteroatoms. The maximum atomic E-state index is 3.67. The zero-order chi connectivity index (χ0) is 11.4. The van der Waals surface area contributed by atoms with E-state index in [0.29, 0.717) is 0 Å². The molecule has 2 atom stereocenters. The summed E-state index contributed by atoms with van der Waals surface area (Å²) in [6.45, 7) is 8.40. The molecule has 2 saturated heterocycles. The van der Waals surface area contributed by atoms with Crippen LogP contribution in [0, 0.1) is 5.92 Å². The van der Waals surface area contributed by atoms with E-state index in [-0.39, 0.29) is 0 Å². The molecule has 0 saturated carbocycles. The van der Waals surface area contributed by atoms with E-state index in [1.54, 1.807) is 0 Å². The predicted molar refractivity (Wildman–Crippen MR) is 73.2 cm³/mol. The van der Waals surface area contributed by atoms with Crippen molar-refractivity contribution in [1.82, 2.24) is 10.2 Å². The summed E-state index contributed by atoms with van der Waals surface area (Å²) < 4.78 is 0. The van der Waals surface area contributed by atoms with Crippen molar-refractivity contribution in [2.75, 3.05) is 31.1 Å². The second-order valence-corrected chi connectivity index (χ2v) is 6.80. The summed E-state index contributed by atoms with van der Waals surface area (Å²) in [6, 6.07) is 1.61. The molecular formula is C13H26N2S. The number of piperazine rings is 1. The Morgan fingerprint density at radius 1 is 1.44 bits per heavy atom.